The van der Waals surface area contributed by atoms with Gasteiger partial charge in [-0.15, -0.1) is 0 Å². The number of benzene rings is 2. The third kappa shape index (κ3) is 5.95. The number of nitrogens with two attached hydrogens (primary N) is 2. The number of amides is 2. The first-order valence-corrected chi connectivity index (χ1v) is 12.0. The van der Waals surface area contributed by atoms with Crippen LogP contribution in [0.1, 0.15) is 27.9 Å². The van der Waals surface area contributed by atoms with Gasteiger partial charge in [0.2, 0.25) is 11.7 Å². The van der Waals surface area contributed by atoms with Gasteiger partial charge < -0.3 is 30.9 Å². The van der Waals surface area contributed by atoms with E-state index in [9.17, 15) is 18.8 Å². The highest BCUT2D eigenvalue weighted by atomic mass is 32.1. The van der Waals surface area contributed by atoms with Crippen LogP contribution in [0, 0.1) is 12.7 Å². The van der Waals surface area contributed by atoms with Gasteiger partial charge in [-0.2, -0.15) is 0 Å². The molecule has 0 saturated heterocycles. The number of carbonyl (C=O) groups is 3. The fourth-order valence-electron chi connectivity index (χ4n) is 3.40. The van der Waals surface area contributed by atoms with Crippen molar-refractivity contribution in [1.82, 2.24) is 10.1 Å². The lowest BCUT2D eigenvalue weighted by Gasteiger charge is -2.26. The minimum atomic E-state index is -0.851. The predicted molar refractivity (Wildman–Crippen MR) is 139 cm³/mol. The van der Waals surface area contributed by atoms with Crippen LogP contribution in [-0.4, -0.2) is 40.4 Å². The Labute approximate surface area is 220 Å². The SMILES string of the molecule is Cc1cc(NC(=O)COc2ccc(C(=O)c3sc(N(c4ccc(F)cc4)[C@H](C)C(N)=O)nc3N)cc2)no1. The summed E-state index contributed by atoms with van der Waals surface area (Å²) in [4.78, 5) is 43.1. The number of anilines is 4. The topological polar surface area (TPSA) is 167 Å². The van der Waals surface area contributed by atoms with Crippen molar-refractivity contribution in [2.45, 2.75) is 19.9 Å². The van der Waals surface area contributed by atoms with Gasteiger partial charge in [0.05, 0.1) is 0 Å². The number of ketones is 1. The smallest absolute Gasteiger partial charge is 0.263 e. The number of nitrogens with zero attached hydrogens (tertiary/aromatic N) is 3. The van der Waals surface area contributed by atoms with Crippen LogP contribution in [0.15, 0.2) is 59.1 Å². The molecule has 0 aliphatic heterocycles. The number of ether oxygens (including phenoxy) is 1. The first-order chi connectivity index (χ1) is 18.1. The van der Waals surface area contributed by atoms with Crippen molar-refractivity contribution in [1.29, 1.82) is 0 Å². The predicted octanol–water partition coefficient (Wildman–Crippen LogP) is 3.42. The molecule has 0 bridgehead atoms. The van der Waals surface area contributed by atoms with E-state index in [-0.39, 0.29) is 28.3 Å². The van der Waals surface area contributed by atoms with Gasteiger partial charge in [0, 0.05) is 17.3 Å². The molecule has 0 radical (unpaired) electrons. The quantitative estimate of drug-likeness (QED) is 0.256. The van der Waals surface area contributed by atoms with E-state index in [0.29, 0.717) is 22.8 Å². The maximum atomic E-state index is 13.5. The van der Waals surface area contributed by atoms with Crippen molar-refractivity contribution in [2.75, 3.05) is 22.6 Å². The third-order valence-electron chi connectivity index (χ3n) is 5.34. The lowest BCUT2D eigenvalue weighted by molar-refractivity contribution is -0.119. The second-order valence-electron chi connectivity index (χ2n) is 8.15. The molecule has 0 aliphatic rings. The Bertz CT molecular complexity index is 1470. The molecule has 4 aromatic rings. The minimum absolute atomic E-state index is 0.0288. The molecule has 11 nitrogen and oxygen atoms in total. The van der Waals surface area contributed by atoms with Gasteiger partial charge in [-0.1, -0.05) is 16.5 Å². The molecule has 2 amide bonds. The Morgan fingerprint density at radius 1 is 1.16 bits per heavy atom. The molecule has 0 fully saturated rings. The summed E-state index contributed by atoms with van der Waals surface area (Å²) in [5, 5.41) is 6.46. The fourth-order valence-corrected chi connectivity index (χ4v) is 4.45. The number of hydrogen-bond donors (Lipinski definition) is 3. The second-order valence-corrected chi connectivity index (χ2v) is 9.13. The maximum Gasteiger partial charge on any atom is 0.263 e. The molecule has 0 spiro atoms. The summed E-state index contributed by atoms with van der Waals surface area (Å²) in [6.07, 6.45) is 0. The summed E-state index contributed by atoms with van der Waals surface area (Å²) in [5.74, 6) is -0.753. The summed E-state index contributed by atoms with van der Waals surface area (Å²) >= 11 is 0.977. The van der Waals surface area contributed by atoms with Crippen LogP contribution in [-0.2, 0) is 9.59 Å². The van der Waals surface area contributed by atoms with Crippen molar-refractivity contribution < 1.29 is 28.0 Å². The number of halogens is 1. The monoisotopic (exact) mass is 538 g/mol. The summed E-state index contributed by atoms with van der Waals surface area (Å²) < 4.78 is 23.8. The van der Waals surface area contributed by atoms with E-state index in [2.05, 4.69) is 15.5 Å². The number of aromatic nitrogens is 2. The van der Waals surface area contributed by atoms with Crippen molar-refractivity contribution in [3.8, 4) is 5.75 Å². The van der Waals surface area contributed by atoms with Crippen molar-refractivity contribution >= 4 is 51.4 Å². The molecule has 2 aromatic carbocycles. The standard InChI is InChI=1S/C25H23FN6O5S/c1-13-11-19(31-37-13)29-20(33)12-36-18-9-3-15(4-10-18)21(34)22-23(27)30-25(38-22)32(14(2)24(28)35)17-7-5-16(26)6-8-17/h3-11,14H,12,27H2,1-2H3,(H2,28,35)(H,29,31,33)/t14-/m1/s1. The van der Waals surface area contributed by atoms with E-state index in [0.717, 1.165) is 11.3 Å². The minimum Gasteiger partial charge on any atom is -0.484 e. The van der Waals surface area contributed by atoms with E-state index in [1.807, 2.05) is 0 Å². The van der Waals surface area contributed by atoms with E-state index >= 15 is 0 Å². The zero-order chi connectivity index (χ0) is 27.4. The molecule has 1 atom stereocenters. The summed E-state index contributed by atoms with van der Waals surface area (Å²) in [7, 11) is 0. The van der Waals surface area contributed by atoms with E-state index in [4.69, 9.17) is 20.7 Å². The molecule has 0 saturated carbocycles. The van der Waals surface area contributed by atoms with Crippen molar-refractivity contribution in [3.63, 3.8) is 0 Å². The molecule has 5 N–H and O–H groups in total. The second kappa shape index (κ2) is 11.1. The number of nitrogens with one attached hydrogen (secondary N) is 1. The Morgan fingerprint density at radius 3 is 2.45 bits per heavy atom. The lowest BCUT2D eigenvalue weighted by atomic mass is 10.1. The lowest BCUT2D eigenvalue weighted by Crippen LogP contribution is -2.39. The van der Waals surface area contributed by atoms with Crippen LogP contribution in [0.4, 0.5) is 26.8 Å². The fraction of sp³-hybridized carbons (Fsp3) is 0.160. The van der Waals surface area contributed by atoms with Crippen molar-refractivity contribution in [3.05, 3.63) is 76.6 Å². The van der Waals surface area contributed by atoms with Gasteiger partial charge in [-0.3, -0.25) is 14.4 Å². The Morgan fingerprint density at radius 2 is 1.84 bits per heavy atom. The zero-order valence-electron chi connectivity index (χ0n) is 20.3. The van der Waals surface area contributed by atoms with Crippen LogP contribution < -0.4 is 26.4 Å². The molecular weight excluding hydrogens is 515 g/mol. The number of primary amides is 1. The van der Waals surface area contributed by atoms with Gasteiger partial charge in [0.15, 0.2) is 17.6 Å². The number of thiazole rings is 1. The van der Waals surface area contributed by atoms with Gasteiger partial charge in [-0.05, 0) is 62.4 Å². The highest BCUT2D eigenvalue weighted by Crippen LogP contribution is 2.36. The molecule has 2 aromatic heterocycles. The number of aryl methyl sites for hydroxylation is 1. The number of nitrogen functional groups attached to an aromatic ring is 1. The highest BCUT2D eigenvalue weighted by Gasteiger charge is 2.27. The molecule has 196 valence electrons. The summed E-state index contributed by atoms with van der Waals surface area (Å²) in [5.41, 5.74) is 12.3. The van der Waals surface area contributed by atoms with E-state index in [1.54, 1.807) is 32.0 Å². The van der Waals surface area contributed by atoms with Gasteiger partial charge in [-0.25, -0.2) is 9.37 Å². The number of hydrogen-bond acceptors (Lipinski definition) is 10. The highest BCUT2D eigenvalue weighted by molar-refractivity contribution is 7.18. The average molecular weight is 539 g/mol. The van der Waals surface area contributed by atoms with E-state index < -0.39 is 29.5 Å². The Hall–Kier alpha value is -4.78. The van der Waals surface area contributed by atoms with Crippen LogP contribution >= 0.6 is 11.3 Å². The van der Waals surface area contributed by atoms with Crippen LogP contribution in [0.3, 0.4) is 0 Å². The first-order valence-electron chi connectivity index (χ1n) is 11.2. The molecule has 2 heterocycles. The molecule has 0 aliphatic carbocycles. The summed E-state index contributed by atoms with van der Waals surface area (Å²) in [6.45, 7) is 2.99. The van der Waals surface area contributed by atoms with Crippen LogP contribution in [0.25, 0.3) is 0 Å². The van der Waals surface area contributed by atoms with Crippen LogP contribution in [0.5, 0.6) is 5.75 Å². The average Bonchev–Trinajstić information content (AvgIpc) is 3.48. The molecule has 13 heteroatoms. The zero-order valence-corrected chi connectivity index (χ0v) is 21.1. The summed E-state index contributed by atoms with van der Waals surface area (Å²) in [6, 6.07) is 12.3. The molecular formula is C25H23FN6O5S. The largest absolute Gasteiger partial charge is 0.484 e. The van der Waals surface area contributed by atoms with Crippen molar-refractivity contribution in [2.24, 2.45) is 5.73 Å². The van der Waals surface area contributed by atoms with Gasteiger partial charge in [0.1, 0.15) is 34.1 Å². The third-order valence-corrected chi connectivity index (χ3v) is 6.41. The normalized spacial score (nSPS) is 11.6. The maximum absolute atomic E-state index is 13.5. The van der Waals surface area contributed by atoms with Gasteiger partial charge in [0.25, 0.3) is 5.91 Å². The molecule has 4 rings (SSSR count). The number of carbonyl (C=O) groups excluding carboxylic acids is 3. The molecule has 0 unspecified atom stereocenters. The van der Waals surface area contributed by atoms with E-state index in [1.165, 1.54) is 41.3 Å². The number of rotatable bonds is 10. The van der Waals surface area contributed by atoms with Crippen LogP contribution in [0.2, 0.25) is 0 Å². The Kier molecular flexibility index (Phi) is 7.67. The molecule has 38 heavy (non-hydrogen) atoms. The Balaban J connectivity index is 1.48. The van der Waals surface area contributed by atoms with Gasteiger partial charge >= 0.3 is 0 Å². The first kappa shape index (κ1) is 26.3.